The molecule has 0 amide bonds. The summed E-state index contributed by atoms with van der Waals surface area (Å²) in [6, 6.07) is 0. The number of nitrogens with one attached hydrogen (secondary N) is 1. The van der Waals surface area contributed by atoms with Crippen molar-refractivity contribution in [2.45, 2.75) is 26.3 Å². The van der Waals surface area contributed by atoms with Crippen molar-refractivity contribution in [3.63, 3.8) is 0 Å². The Labute approximate surface area is 105 Å². The van der Waals surface area contributed by atoms with Gasteiger partial charge in [0.1, 0.15) is 0 Å². The van der Waals surface area contributed by atoms with Gasteiger partial charge in [0.15, 0.2) is 0 Å². The zero-order chi connectivity index (χ0) is 7.49. The molecule has 0 spiro atoms. The van der Waals surface area contributed by atoms with Crippen LogP contribution < -0.4 is 56.7 Å². The molecule has 0 atom stereocenters. The van der Waals surface area contributed by atoms with Crippen LogP contribution in [-0.2, 0) is 4.79 Å². The molecule has 10 heavy (non-hydrogen) atoms. The molecule has 0 unspecified atom stereocenters. The van der Waals surface area contributed by atoms with Gasteiger partial charge >= 0.3 is 57.4 Å². The first-order valence-corrected chi connectivity index (χ1v) is 2.88. The summed E-state index contributed by atoms with van der Waals surface area (Å²) < 4.78 is 0. The quantitative estimate of drug-likeness (QED) is 0.455. The number of carboxylic acid groups (broad SMARTS) is 1. The number of aliphatic carboxylic acids is 1. The molecule has 4 heteroatoms. The molecular weight excluding hydrogens is 157 g/mol. The first-order chi connectivity index (χ1) is 3.92. The molecule has 0 aliphatic carbocycles. The molecule has 0 saturated heterocycles. The van der Waals surface area contributed by atoms with Gasteiger partial charge < -0.3 is 11.8 Å². The van der Waals surface area contributed by atoms with E-state index in [0.717, 1.165) is 0 Å². The average molecular weight is 171 g/mol. The number of carboxylic acids is 1. The predicted octanol–water partition coefficient (Wildman–Crippen LogP) is -2.42. The molecule has 0 heterocycles. The Kier molecular flexibility index (Phi) is 7.75. The third kappa shape index (κ3) is 11.8. The van der Waals surface area contributed by atoms with E-state index < -0.39 is 5.97 Å². The summed E-state index contributed by atoms with van der Waals surface area (Å²) in [5.74, 6) is -0.815. The van der Waals surface area contributed by atoms with E-state index in [-0.39, 0.29) is 64.9 Å². The Balaban J connectivity index is -0.000000320. The van der Waals surface area contributed by atoms with Gasteiger partial charge in [0.05, 0.1) is 6.54 Å². The van der Waals surface area contributed by atoms with Crippen molar-refractivity contribution in [3.05, 3.63) is 0 Å². The number of carbonyl (C=O) groups is 1. The van der Waals surface area contributed by atoms with Gasteiger partial charge in [-0.05, 0) is 20.8 Å². The smallest absolute Gasteiger partial charge is 1.00 e. The zero-order valence-electron chi connectivity index (χ0n) is 8.06. The summed E-state index contributed by atoms with van der Waals surface area (Å²) in [6.45, 7) is 5.81. The molecule has 0 radical (unpaired) electrons. The maximum absolute atomic E-state index is 9.98. The summed E-state index contributed by atoms with van der Waals surface area (Å²) in [7, 11) is 0. The van der Waals surface area contributed by atoms with Crippen LogP contribution in [0, 0.1) is 0 Å². The molecule has 56 valence electrons. The Bertz CT molecular complexity index is 114. The normalized spacial score (nSPS) is 10.3. The van der Waals surface area contributed by atoms with Gasteiger partial charge in [-0.3, -0.25) is 4.79 Å². The van der Waals surface area contributed by atoms with Crippen LogP contribution in [0.2, 0.25) is 0 Å². The van der Waals surface area contributed by atoms with Crippen LogP contribution >= 0.6 is 0 Å². The van der Waals surface area contributed by atoms with Crippen LogP contribution in [0.1, 0.15) is 22.2 Å². The van der Waals surface area contributed by atoms with Crippen molar-refractivity contribution in [2.24, 2.45) is 0 Å². The van der Waals surface area contributed by atoms with E-state index >= 15 is 0 Å². The van der Waals surface area contributed by atoms with Crippen LogP contribution in [-0.4, -0.2) is 23.2 Å². The fourth-order valence-electron chi connectivity index (χ4n) is 0.341. The van der Waals surface area contributed by atoms with E-state index in [1.807, 2.05) is 20.8 Å². The molecular formula is C6H14KNO2. The molecule has 3 nitrogen and oxygen atoms in total. The Morgan fingerprint density at radius 1 is 1.60 bits per heavy atom. The SMILES string of the molecule is CC(C)(C)NCC(=O)O.[H-].[K+]. The summed E-state index contributed by atoms with van der Waals surface area (Å²) in [4.78, 5) is 9.98. The third-order valence-corrected chi connectivity index (χ3v) is 0.770. The molecule has 0 saturated carbocycles. The summed E-state index contributed by atoms with van der Waals surface area (Å²) >= 11 is 0. The first kappa shape index (κ1) is 13.6. The molecule has 2 N–H and O–H groups in total. The van der Waals surface area contributed by atoms with Gasteiger partial charge in [0.2, 0.25) is 0 Å². The van der Waals surface area contributed by atoms with Crippen molar-refractivity contribution < 1.29 is 62.7 Å². The summed E-state index contributed by atoms with van der Waals surface area (Å²) in [6.07, 6.45) is 0. The Morgan fingerprint density at radius 3 is 2.10 bits per heavy atom. The minimum atomic E-state index is -0.815. The van der Waals surface area contributed by atoms with Crippen molar-refractivity contribution in [1.82, 2.24) is 5.32 Å². The van der Waals surface area contributed by atoms with Gasteiger partial charge in [-0.15, -0.1) is 0 Å². The van der Waals surface area contributed by atoms with Gasteiger partial charge in [-0.2, -0.15) is 0 Å². The minimum Gasteiger partial charge on any atom is -1.00 e. The summed E-state index contributed by atoms with van der Waals surface area (Å²) in [5.41, 5.74) is -0.0988. The maximum Gasteiger partial charge on any atom is 1.00 e. The maximum atomic E-state index is 9.98. The van der Waals surface area contributed by atoms with Crippen molar-refractivity contribution in [1.29, 1.82) is 0 Å². The van der Waals surface area contributed by atoms with Crippen LogP contribution in [0.3, 0.4) is 0 Å². The van der Waals surface area contributed by atoms with E-state index in [2.05, 4.69) is 5.32 Å². The van der Waals surface area contributed by atoms with E-state index in [9.17, 15) is 4.79 Å². The molecule has 0 bridgehead atoms. The molecule has 0 fully saturated rings. The van der Waals surface area contributed by atoms with Crippen molar-refractivity contribution in [2.75, 3.05) is 6.54 Å². The van der Waals surface area contributed by atoms with E-state index in [1.165, 1.54) is 0 Å². The van der Waals surface area contributed by atoms with Gasteiger partial charge in [0.25, 0.3) is 0 Å². The average Bonchev–Trinajstić information content (AvgIpc) is 1.59. The van der Waals surface area contributed by atoms with Crippen LogP contribution in [0.5, 0.6) is 0 Å². The fraction of sp³-hybridized carbons (Fsp3) is 0.833. The molecule has 0 aromatic rings. The molecule has 0 rings (SSSR count). The Morgan fingerprint density at radius 2 is 2.00 bits per heavy atom. The van der Waals surface area contributed by atoms with Gasteiger partial charge in [-0.1, -0.05) is 0 Å². The monoisotopic (exact) mass is 171 g/mol. The summed E-state index contributed by atoms with van der Waals surface area (Å²) in [5, 5.41) is 11.0. The predicted molar refractivity (Wildman–Crippen MR) is 36.5 cm³/mol. The molecule has 0 aromatic carbocycles. The van der Waals surface area contributed by atoms with E-state index in [1.54, 1.807) is 0 Å². The fourth-order valence-corrected chi connectivity index (χ4v) is 0.341. The van der Waals surface area contributed by atoms with Crippen LogP contribution in [0.25, 0.3) is 0 Å². The second kappa shape index (κ2) is 5.68. The number of hydrogen-bond acceptors (Lipinski definition) is 2. The van der Waals surface area contributed by atoms with Crippen LogP contribution in [0.4, 0.5) is 0 Å². The number of hydrogen-bond donors (Lipinski definition) is 2. The Hall–Kier alpha value is 1.07. The first-order valence-electron chi connectivity index (χ1n) is 2.88. The second-order valence-electron chi connectivity index (χ2n) is 3.00. The second-order valence-corrected chi connectivity index (χ2v) is 3.00. The van der Waals surface area contributed by atoms with E-state index in [0.29, 0.717) is 0 Å². The topological polar surface area (TPSA) is 49.3 Å². The van der Waals surface area contributed by atoms with Crippen molar-refractivity contribution >= 4 is 5.97 Å². The zero-order valence-corrected chi connectivity index (χ0v) is 10.2. The largest absolute Gasteiger partial charge is 1.00 e. The van der Waals surface area contributed by atoms with E-state index in [4.69, 9.17) is 5.11 Å². The third-order valence-electron chi connectivity index (χ3n) is 0.770. The van der Waals surface area contributed by atoms with Gasteiger partial charge in [-0.25, -0.2) is 0 Å². The van der Waals surface area contributed by atoms with Crippen molar-refractivity contribution in [3.8, 4) is 0 Å². The molecule has 0 aromatic heterocycles. The standard InChI is InChI=1S/C6H13NO2.K.H/c1-6(2,3)7-4-5(8)9;;/h7H,4H2,1-3H3,(H,8,9);;/q;+1;-1. The minimum absolute atomic E-state index is 0. The molecule has 0 aliphatic heterocycles. The number of rotatable bonds is 2. The van der Waals surface area contributed by atoms with Crippen LogP contribution in [0.15, 0.2) is 0 Å². The van der Waals surface area contributed by atoms with Gasteiger partial charge in [0, 0.05) is 5.54 Å². The molecule has 0 aliphatic rings.